The maximum atomic E-state index is 14.3. The number of nitrogens with zero attached hydrogens (tertiary/aromatic N) is 5. The van der Waals surface area contributed by atoms with Gasteiger partial charge in [0.05, 0.1) is 23.9 Å². The van der Waals surface area contributed by atoms with Crippen molar-refractivity contribution in [2.75, 3.05) is 46.9 Å². The van der Waals surface area contributed by atoms with Gasteiger partial charge >= 0.3 is 11.9 Å². The first kappa shape index (κ1) is 28.2. The highest BCUT2D eigenvalue weighted by Crippen LogP contribution is 2.43. The van der Waals surface area contributed by atoms with E-state index in [0.29, 0.717) is 35.8 Å². The Hall–Kier alpha value is -1.92. The lowest BCUT2D eigenvalue weighted by Crippen LogP contribution is -2.57. The van der Waals surface area contributed by atoms with Gasteiger partial charge in [-0.2, -0.15) is 13.2 Å². The molecule has 0 radical (unpaired) electrons. The van der Waals surface area contributed by atoms with Crippen molar-refractivity contribution in [3.05, 3.63) is 40.1 Å². The Morgan fingerprint density at radius 3 is 2.52 bits per heavy atom. The average Bonchev–Trinajstić information content (AvgIpc) is 3.45. The number of aromatic nitrogens is 2. The van der Waals surface area contributed by atoms with Crippen LogP contribution in [0.25, 0.3) is 5.52 Å². The van der Waals surface area contributed by atoms with Crippen molar-refractivity contribution >= 4 is 5.52 Å². The molecule has 3 aliphatic heterocycles. The van der Waals surface area contributed by atoms with E-state index in [1.165, 1.54) is 16.7 Å². The monoisotopic (exact) mass is 563 g/mol. The zero-order chi connectivity index (χ0) is 28.2. The minimum atomic E-state index is -4.53. The Kier molecular flexibility index (Phi) is 7.80. The van der Waals surface area contributed by atoms with E-state index in [4.69, 9.17) is 0 Å². The van der Waals surface area contributed by atoms with E-state index in [-0.39, 0.29) is 23.4 Å². The molecule has 0 amide bonds. The molecule has 5 heterocycles. The van der Waals surface area contributed by atoms with E-state index in [2.05, 4.69) is 46.6 Å². The van der Waals surface area contributed by atoms with Crippen molar-refractivity contribution in [2.24, 2.45) is 23.7 Å². The van der Waals surface area contributed by atoms with E-state index >= 15 is 0 Å². The second-order valence-corrected chi connectivity index (χ2v) is 13.1. The Morgan fingerprint density at radius 1 is 1.05 bits per heavy atom. The Bertz CT molecular complexity index is 1250. The molecule has 4 fully saturated rings. The highest BCUT2D eigenvalue weighted by molar-refractivity contribution is 5.56. The molecule has 0 aromatic carbocycles. The second-order valence-electron chi connectivity index (χ2n) is 13.1. The summed E-state index contributed by atoms with van der Waals surface area (Å²) in [6, 6.07) is 1.17. The van der Waals surface area contributed by atoms with Gasteiger partial charge in [0.15, 0.2) is 0 Å². The molecule has 0 spiro atoms. The van der Waals surface area contributed by atoms with Crippen LogP contribution in [-0.4, -0.2) is 76.8 Å². The van der Waals surface area contributed by atoms with Gasteiger partial charge in [0.1, 0.15) is 0 Å². The minimum absolute atomic E-state index is 0.0334. The fourth-order valence-corrected chi connectivity index (χ4v) is 8.09. The van der Waals surface area contributed by atoms with Gasteiger partial charge in [-0.1, -0.05) is 13.3 Å². The molecule has 2 aromatic heterocycles. The highest BCUT2D eigenvalue weighted by atomic mass is 19.4. The van der Waals surface area contributed by atoms with Gasteiger partial charge in [-0.25, -0.2) is 15.6 Å². The van der Waals surface area contributed by atoms with Crippen LogP contribution >= 0.6 is 0 Å². The van der Waals surface area contributed by atoms with Gasteiger partial charge in [-0.3, -0.25) is 18.8 Å². The standard InChI is InChI=1S/C29H44F3N7O/c1-19-6-5-9-37(12-19)13-20-10-24(29(30,31)32)25-17-38(28(40)39(25)14-20)23-8-4-7-21(11-23)26(22-15-35(2)16-22)27-34-33-18-36(27)3/h10,14,17,19,21-23,26-27,33-34H,4-9,11-13,15-16,18H2,1-3H3/t19-,21?,23?,26+,27?/m0/s1. The lowest BCUT2D eigenvalue weighted by Gasteiger charge is -2.49. The van der Waals surface area contributed by atoms with Crippen LogP contribution in [0.2, 0.25) is 0 Å². The van der Waals surface area contributed by atoms with Crippen LogP contribution in [0.5, 0.6) is 0 Å². The van der Waals surface area contributed by atoms with Crippen LogP contribution in [-0.2, 0) is 12.7 Å². The molecule has 2 N–H and O–H groups in total. The highest BCUT2D eigenvalue weighted by Gasteiger charge is 2.45. The normalized spacial score (nSPS) is 30.6. The number of rotatable bonds is 6. The maximum absolute atomic E-state index is 14.3. The molecule has 2 aromatic rings. The fourth-order valence-electron chi connectivity index (χ4n) is 8.09. The quantitative estimate of drug-likeness (QED) is 0.561. The van der Waals surface area contributed by atoms with Crippen molar-refractivity contribution in [3.8, 4) is 0 Å². The molecular weight excluding hydrogens is 519 g/mol. The lowest BCUT2D eigenvalue weighted by molar-refractivity contribution is -0.136. The molecule has 40 heavy (non-hydrogen) atoms. The Labute approximate surface area is 234 Å². The molecule has 222 valence electrons. The van der Waals surface area contributed by atoms with Crippen molar-refractivity contribution in [1.82, 2.24) is 34.5 Å². The largest absolute Gasteiger partial charge is 0.418 e. The van der Waals surface area contributed by atoms with Crippen LogP contribution in [0.3, 0.4) is 0 Å². The molecule has 3 unspecified atom stereocenters. The number of likely N-dealkylation sites (tertiary alicyclic amines) is 2. The summed E-state index contributed by atoms with van der Waals surface area (Å²) in [5, 5.41) is 0. The number of alkyl halides is 3. The van der Waals surface area contributed by atoms with Gasteiger partial charge in [0.2, 0.25) is 0 Å². The van der Waals surface area contributed by atoms with Gasteiger partial charge in [0.25, 0.3) is 0 Å². The third-order valence-electron chi connectivity index (χ3n) is 9.98. The Morgan fingerprint density at radius 2 is 1.85 bits per heavy atom. The predicted molar refractivity (Wildman–Crippen MR) is 148 cm³/mol. The number of pyridine rings is 1. The molecule has 11 heteroatoms. The van der Waals surface area contributed by atoms with Crippen molar-refractivity contribution < 1.29 is 13.2 Å². The van der Waals surface area contributed by atoms with Crippen LogP contribution < -0.4 is 16.5 Å². The first-order chi connectivity index (χ1) is 19.1. The van der Waals surface area contributed by atoms with Crippen LogP contribution in [0.1, 0.15) is 62.6 Å². The third kappa shape index (κ3) is 5.47. The zero-order valence-electron chi connectivity index (χ0n) is 24.0. The van der Waals surface area contributed by atoms with E-state index < -0.39 is 11.7 Å². The first-order valence-electron chi connectivity index (χ1n) is 15.0. The van der Waals surface area contributed by atoms with E-state index in [9.17, 15) is 18.0 Å². The molecule has 3 saturated heterocycles. The van der Waals surface area contributed by atoms with Crippen molar-refractivity contribution in [2.45, 2.75) is 70.4 Å². The number of halogens is 3. The van der Waals surface area contributed by atoms with Crippen LogP contribution in [0.15, 0.2) is 23.3 Å². The summed E-state index contributed by atoms with van der Waals surface area (Å²) in [7, 11) is 4.27. The molecule has 5 atom stereocenters. The lowest BCUT2D eigenvalue weighted by atomic mass is 9.69. The molecule has 1 saturated carbocycles. The summed E-state index contributed by atoms with van der Waals surface area (Å²) in [5.41, 5.74) is 6.21. The number of imidazole rings is 1. The third-order valence-corrected chi connectivity index (χ3v) is 9.98. The van der Waals surface area contributed by atoms with Crippen molar-refractivity contribution in [1.29, 1.82) is 0 Å². The van der Waals surface area contributed by atoms with E-state index in [1.54, 1.807) is 10.8 Å². The van der Waals surface area contributed by atoms with E-state index in [1.807, 2.05) is 0 Å². The number of hydrogen-bond acceptors (Lipinski definition) is 6. The summed E-state index contributed by atoms with van der Waals surface area (Å²) in [6.07, 6.45) is 4.71. The topological polar surface area (TPSA) is 60.2 Å². The molecule has 6 rings (SSSR count). The number of nitrogens with one attached hydrogen (secondary N) is 2. The van der Waals surface area contributed by atoms with Crippen LogP contribution in [0, 0.1) is 23.7 Å². The maximum Gasteiger partial charge on any atom is 0.418 e. The second kappa shape index (κ2) is 11.1. The number of hydrogen-bond donors (Lipinski definition) is 2. The predicted octanol–water partition coefficient (Wildman–Crippen LogP) is 3.58. The number of piperidine rings is 1. The molecule has 1 aliphatic carbocycles. The number of hydrazine groups is 1. The summed E-state index contributed by atoms with van der Waals surface area (Å²) in [4.78, 5) is 20.6. The fraction of sp³-hybridized carbons (Fsp3) is 0.759. The summed E-state index contributed by atoms with van der Waals surface area (Å²) < 4.78 is 45.8. The SMILES string of the molecule is C[C@H]1CCCN(Cc2cc(C(F)(F)F)c3cn(C4CCCC([C@H](C5CN(C)C5)C5NNCN5C)C4)c(=O)n3c2)C1. The van der Waals surface area contributed by atoms with Crippen LogP contribution in [0.4, 0.5) is 13.2 Å². The summed E-state index contributed by atoms with van der Waals surface area (Å²) in [6.45, 7) is 7.26. The molecule has 8 nitrogen and oxygen atoms in total. The Balaban J connectivity index is 1.30. The van der Waals surface area contributed by atoms with Gasteiger partial charge < -0.3 is 4.90 Å². The average molecular weight is 564 g/mol. The summed E-state index contributed by atoms with van der Waals surface area (Å²) >= 11 is 0. The summed E-state index contributed by atoms with van der Waals surface area (Å²) in [5.74, 6) is 1.90. The van der Waals surface area contributed by atoms with Crippen molar-refractivity contribution in [3.63, 3.8) is 0 Å². The van der Waals surface area contributed by atoms with E-state index in [0.717, 1.165) is 71.4 Å². The zero-order valence-corrected chi connectivity index (χ0v) is 24.0. The smallest absolute Gasteiger partial charge is 0.306 e. The molecule has 0 bridgehead atoms. The molecule has 4 aliphatic rings. The molecular formula is C29H44F3N7O. The van der Waals surface area contributed by atoms with Gasteiger partial charge in [-0.05, 0) is 88.0 Å². The minimum Gasteiger partial charge on any atom is -0.306 e. The van der Waals surface area contributed by atoms with Gasteiger partial charge in [-0.15, -0.1) is 0 Å². The number of fused-ring (bicyclic) bond motifs is 1. The first-order valence-corrected chi connectivity index (χ1v) is 15.0. The van der Waals surface area contributed by atoms with Gasteiger partial charge in [0, 0.05) is 44.6 Å².